The van der Waals surface area contributed by atoms with Gasteiger partial charge < -0.3 is 10.3 Å². The predicted octanol–water partition coefficient (Wildman–Crippen LogP) is 4.33. The topological polar surface area (TPSA) is 80.1 Å². The van der Waals surface area contributed by atoms with E-state index in [1.807, 2.05) is 20.8 Å². The maximum atomic E-state index is 12.4. The highest BCUT2D eigenvalue weighted by Gasteiger charge is 2.20. The minimum absolute atomic E-state index is 0.0969. The number of aromatic nitrogens is 3. The molecule has 0 bridgehead atoms. The van der Waals surface area contributed by atoms with Crippen molar-refractivity contribution in [2.75, 3.05) is 12.4 Å². The smallest absolute Gasteiger partial charge is 0.293 e. The second kappa shape index (κ2) is 9.28. The number of hydrogen-bond acceptors (Lipinski definition) is 5. The average molecular weight is 384 g/mol. The summed E-state index contributed by atoms with van der Waals surface area (Å²) in [4.78, 5) is 27.1. The second-order valence-electron chi connectivity index (χ2n) is 6.19. The Labute approximate surface area is 155 Å². The van der Waals surface area contributed by atoms with E-state index in [0.717, 1.165) is 12.3 Å². The van der Waals surface area contributed by atoms with E-state index in [1.54, 1.807) is 13.1 Å². The van der Waals surface area contributed by atoms with E-state index in [0.29, 0.717) is 5.69 Å². The lowest BCUT2D eigenvalue weighted by atomic mass is 9.92. The van der Waals surface area contributed by atoms with Crippen LogP contribution in [0.5, 0.6) is 0 Å². The van der Waals surface area contributed by atoms with Crippen molar-refractivity contribution in [1.29, 1.82) is 0 Å². The Kier molecular flexibility index (Phi) is 7.70. The van der Waals surface area contributed by atoms with Crippen LogP contribution < -0.4 is 5.32 Å². The molecule has 1 amide bonds. The number of carbonyl (C=O) groups is 1. The molecule has 0 unspecified atom stereocenters. The summed E-state index contributed by atoms with van der Waals surface area (Å²) in [6.07, 6.45) is -1.51. The molecule has 26 heavy (non-hydrogen) atoms. The Morgan fingerprint density at radius 2 is 1.92 bits per heavy atom. The first-order valence-corrected chi connectivity index (χ1v) is 7.91. The summed E-state index contributed by atoms with van der Waals surface area (Å²) >= 11 is 5.93. The molecule has 0 radical (unpaired) electrons. The fourth-order valence-corrected chi connectivity index (χ4v) is 1.88. The molecule has 140 valence electrons. The van der Waals surface area contributed by atoms with E-state index in [9.17, 15) is 13.6 Å². The summed E-state index contributed by atoms with van der Waals surface area (Å²) in [6.45, 7) is 8.90. The van der Waals surface area contributed by atoms with Crippen molar-refractivity contribution in [2.24, 2.45) is 4.99 Å². The number of nitrogens with zero attached hydrogens (tertiary/aromatic N) is 4. The molecule has 0 atom stereocenters. The second-order valence-corrected chi connectivity index (χ2v) is 6.58. The number of nitrogens with one attached hydrogen (secondary N) is 1. The van der Waals surface area contributed by atoms with Crippen LogP contribution in [0.1, 0.15) is 49.2 Å². The number of anilines is 1. The van der Waals surface area contributed by atoms with Gasteiger partial charge in [0.1, 0.15) is 10.8 Å². The van der Waals surface area contributed by atoms with Crippen molar-refractivity contribution in [2.45, 2.75) is 32.6 Å². The number of amides is 1. The fourth-order valence-electron chi connectivity index (χ4n) is 1.70. The van der Waals surface area contributed by atoms with E-state index in [-0.39, 0.29) is 27.8 Å². The average Bonchev–Trinajstić information content (AvgIpc) is 2.54. The first kappa shape index (κ1) is 21.6. The van der Waals surface area contributed by atoms with Crippen LogP contribution in [-0.4, -0.2) is 34.6 Å². The maximum Gasteiger partial charge on any atom is 0.293 e. The normalized spacial score (nSPS) is 10.8. The molecule has 0 spiro atoms. The Balaban J connectivity index is 0.00000105. The number of halogens is 3. The highest BCUT2D eigenvalue weighted by molar-refractivity contribution is 6.29. The lowest BCUT2D eigenvalue weighted by Crippen LogP contribution is -2.21. The van der Waals surface area contributed by atoms with Crippen LogP contribution in [0.3, 0.4) is 0 Å². The van der Waals surface area contributed by atoms with Crippen molar-refractivity contribution in [3.8, 4) is 0 Å². The van der Waals surface area contributed by atoms with Gasteiger partial charge in [0.15, 0.2) is 0 Å². The number of aliphatic imine (C=N–C) groups is 1. The summed E-state index contributed by atoms with van der Waals surface area (Å²) in [5, 5.41) is 2.65. The van der Waals surface area contributed by atoms with Gasteiger partial charge in [0.2, 0.25) is 5.82 Å². The zero-order valence-electron chi connectivity index (χ0n) is 14.9. The Morgan fingerprint density at radius 3 is 2.38 bits per heavy atom. The van der Waals surface area contributed by atoms with Crippen molar-refractivity contribution >= 4 is 29.9 Å². The summed E-state index contributed by atoms with van der Waals surface area (Å²) in [7, 11) is 1.64. The number of alkyl halides is 2. The van der Waals surface area contributed by atoms with Gasteiger partial charge in [-0.15, -0.1) is 0 Å². The molecule has 0 fully saturated rings. The number of hydrogen-bond donors (Lipinski definition) is 1. The number of carbonyl (C=O) groups excluding carboxylic acids is 1. The highest BCUT2D eigenvalue weighted by atomic mass is 35.5. The minimum Gasteiger partial charge on any atom is -0.318 e. The standard InChI is InChI=1S/C15H15ClF2N4O.C2H5N/c1-15(2,3)10-6-11(16)22-13(21-10)14(23)20-8-4-5-9(12(17)18)19-7-8;1-3-2/h4-7,12H,1-3H3,(H,20,23);1H2,2H3. The molecule has 0 aromatic carbocycles. The zero-order valence-corrected chi connectivity index (χ0v) is 15.7. The first-order valence-electron chi connectivity index (χ1n) is 7.53. The molecule has 2 heterocycles. The molecule has 2 aromatic rings. The molecular formula is C17H20ClF2N5O. The predicted molar refractivity (Wildman–Crippen MR) is 98.4 cm³/mol. The third-order valence-corrected chi connectivity index (χ3v) is 3.13. The summed E-state index contributed by atoms with van der Waals surface area (Å²) < 4.78 is 24.9. The van der Waals surface area contributed by atoms with Crippen LogP contribution in [0.2, 0.25) is 5.15 Å². The summed E-state index contributed by atoms with van der Waals surface area (Å²) in [5.41, 5.74) is 0.216. The van der Waals surface area contributed by atoms with Gasteiger partial charge in [-0.25, -0.2) is 18.7 Å². The van der Waals surface area contributed by atoms with Crippen LogP contribution in [0.15, 0.2) is 29.4 Å². The minimum atomic E-state index is -2.66. The van der Waals surface area contributed by atoms with Gasteiger partial charge in [-0.1, -0.05) is 32.4 Å². The van der Waals surface area contributed by atoms with Gasteiger partial charge in [0.25, 0.3) is 12.3 Å². The third kappa shape index (κ3) is 6.44. The Bertz CT molecular complexity index is 761. The van der Waals surface area contributed by atoms with Crippen molar-refractivity contribution in [1.82, 2.24) is 15.0 Å². The Hall–Kier alpha value is -2.48. The van der Waals surface area contributed by atoms with Gasteiger partial charge in [0.05, 0.1) is 17.6 Å². The molecular weight excluding hydrogens is 364 g/mol. The van der Waals surface area contributed by atoms with Crippen molar-refractivity contribution in [3.05, 3.63) is 46.8 Å². The van der Waals surface area contributed by atoms with Crippen LogP contribution in [0.4, 0.5) is 14.5 Å². The molecule has 0 saturated heterocycles. The maximum absolute atomic E-state index is 12.4. The van der Waals surface area contributed by atoms with E-state index in [2.05, 4.69) is 32.0 Å². The van der Waals surface area contributed by atoms with Crippen LogP contribution in [0.25, 0.3) is 0 Å². The molecule has 1 N–H and O–H groups in total. The molecule has 0 aliphatic carbocycles. The molecule has 0 aliphatic rings. The van der Waals surface area contributed by atoms with Gasteiger partial charge in [0, 0.05) is 12.5 Å². The fraction of sp³-hybridized carbons (Fsp3) is 0.353. The molecule has 9 heteroatoms. The number of pyridine rings is 1. The third-order valence-electron chi connectivity index (χ3n) is 2.93. The molecule has 0 saturated carbocycles. The van der Waals surface area contributed by atoms with Crippen LogP contribution >= 0.6 is 11.6 Å². The molecule has 6 nitrogen and oxygen atoms in total. The SMILES string of the molecule is C=NC.CC(C)(C)c1cc(Cl)nc(C(=O)Nc2ccc(C(F)F)nc2)n1. The number of rotatable bonds is 3. The highest BCUT2D eigenvalue weighted by Crippen LogP contribution is 2.23. The Morgan fingerprint density at radius 1 is 1.31 bits per heavy atom. The van der Waals surface area contributed by atoms with Gasteiger partial charge in [-0.05, 0) is 24.9 Å². The largest absolute Gasteiger partial charge is 0.318 e. The molecule has 0 aliphatic heterocycles. The van der Waals surface area contributed by atoms with Crippen LogP contribution in [-0.2, 0) is 5.41 Å². The van der Waals surface area contributed by atoms with E-state index in [4.69, 9.17) is 11.6 Å². The molecule has 2 rings (SSSR count). The summed E-state index contributed by atoms with van der Waals surface area (Å²) in [6, 6.07) is 4.07. The first-order chi connectivity index (χ1) is 12.1. The van der Waals surface area contributed by atoms with Gasteiger partial charge in [-0.3, -0.25) is 9.78 Å². The van der Waals surface area contributed by atoms with Crippen molar-refractivity contribution in [3.63, 3.8) is 0 Å². The van der Waals surface area contributed by atoms with Gasteiger partial charge in [-0.2, -0.15) is 0 Å². The lowest BCUT2D eigenvalue weighted by molar-refractivity contribution is 0.101. The van der Waals surface area contributed by atoms with E-state index in [1.165, 1.54) is 6.07 Å². The lowest BCUT2D eigenvalue weighted by Gasteiger charge is -2.18. The van der Waals surface area contributed by atoms with Crippen molar-refractivity contribution < 1.29 is 13.6 Å². The van der Waals surface area contributed by atoms with Gasteiger partial charge >= 0.3 is 0 Å². The van der Waals surface area contributed by atoms with E-state index >= 15 is 0 Å². The molecule has 2 aromatic heterocycles. The van der Waals surface area contributed by atoms with E-state index < -0.39 is 12.3 Å². The summed E-state index contributed by atoms with van der Waals surface area (Å²) in [5.74, 6) is -0.690. The van der Waals surface area contributed by atoms with Crippen LogP contribution in [0, 0.1) is 0 Å². The quantitative estimate of drug-likeness (QED) is 0.632. The monoisotopic (exact) mass is 383 g/mol. The zero-order chi connectivity index (χ0) is 19.9.